The molecule has 0 aliphatic carbocycles. The fourth-order valence-electron chi connectivity index (χ4n) is 2.35. The molecular weight excluding hydrogens is 287 g/mol. The average molecular weight is 299 g/mol. The lowest BCUT2D eigenvalue weighted by atomic mass is 9.96. The van der Waals surface area contributed by atoms with Gasteiger partial charge in [-0.3, -0.25) is 0 Å². The van der Waals surface area contributed by atoms with E-state index in [1.807, 2.05) is 4.90 Å². The van der Waals surface area contributed by atoms with Crippen molar-refractivity contribution < 1.29 is 13.2 Å². The molecule has 1 N–H and O–H groups in total. The van der Waals surface area contributed by atoms with E-state index in [4.69, 9.17) is 0 Å². The number of hydrogen-bond acceptors (Lipinski definition) is 6. The lowest BCUT2D eigenvalue weighted by Crippen LogP contribution is -2.34. The Kier molecular flexibility index (Phi) is 3.43. The molecule has 3 rings (SSSR count). The zero-order chi connectivity index (χ0) is 14.9. The van der Waals surface area contributed by atoms with Crippen molar-refractivity contribution in [1.82, 2.24) is 30.8 Å². The number of rotatable bonds is 2. The van der Waals surface area contributed by atoms with Crippen LogP contribution in [0.4, 0.5) is 19.0 Å². The maximum atomic E-state index is 12.4. The third kappa shape index (κ3) is 2.93. The molecule has 0 saturated carbocycles. The molecule has 1 saturated heterocycles. The molecule has 0 radical (unpaired) electrons. The minimum atomic E-state index is -4.46. The number of aromatic amines is 1. The standard InChI is InChI=1S/C11H12F3N7/c12-11(13,14)8-1-2-9(16-15-8)21-5-3-7(4-6-21)10-17-19-20-18-10/h1-2,7H,3-6H2,(H,17,18,19,20). The number of tetrazole rings is 1. The van der Waals surface area contributed by atoms with E-state index in [0.717, 1.165) is 18.9 Å². The van der Waals surface area contributed by atoms with Gasteiger partial charge in [0, 0.05) is 19.0 Å². The van der Waals surface area contributed by atoms with Gasteiger partial charge in [0.15, 0.2) is 17.3 Å². The van der Waals surface area contributed by atoms with Crippen molar-refractivity contribution in [3.05, 3.63) is 23.7 Å². The fraction of sp³-hybridized carbons (Fsp3) is 0.545. The Morgan fingerprint density at radius 1 is 1.10 bits per heavy atom. The number of alkyl halides is 3. The van der Waals surface area contributed by atoms with Crippen LogP contribution in [-0.4, -0.2) is 43.9 Å². The SMILES string of the molecule is FC(F)(F)c1ccc(N2CCC(c3nn[nH]n3)CC2)nn1. The quantitative estimate of drug-likeness (QED) is 0.902. The van der Waals surface area contributed by atoms with Crippen LogP contribution >= 0.6 is 0 Å². The molecule has 1 fully saturated rings. The van der Waals surface area contributed by atoms with Gasteiger partial charge in [-0.15, -0.1) is 20.4 Å². The normalized spacial score (nSPS) is 17.2. The summed E-state index contributed by atoms with van der Waals surface area (Å²) in [6, 6.07) is 2.30. The largest absolute Gasteiger partial charge is 0.435 e. The number of hydrogen-bond donors (Lipinski definition) is 1. The highest BCUT2D eigenvalue weighted by atomic mass is 19.4. The maximum Gasteiger partial charge on any atom is 0.435 e. The van der Waals surface area contributed by atoms with Crippen LogP contribution in [0.3, 0.4) is 0 Å². The van der Waals surface area contributed by atoms with Crippen LogP contribution in [0, 0.1) is 0 Å². The van der Waals surface area contributed by atoms with Gasteiger partial charge in [0.1, 0.15) is 0 Å². The predicted molar refractivity (Wildman–Crippen MR) is 65.4 cm³/mol. The van der Waals surface area contributed by atoms with E-state index in [0.29, 0.717) is 24.7 Å². The van der Waals surface area contributed by atoms with Crippen molar-refractivity contribution in [3.8, 4) is 0 Å². The summed E-state index contributed by atoms with van der Waals surface area (Å²) < 4.78 is 37.3. The molecule has 112 valence electrons. The highest BCUT2D eigenvalue weighted by Crippen LogP contribution is 2.29. The van der Waals surface area contributed by atoms with Crippen molar-refractivity contribution in [3.63, 3.8) is 0 Å². The van der Waals surface area contributed by atoms with Crippen molar-refractivity contribution in [2.24, 2.45) is 0 Å². The minimum absolute atomic E-state index is 0.211. The first-order valence-electron chi connectivity index (χ1n) is 6.43. The molecule has 3 heterocycles. The van der Waals surface area contributed by atoms with Crippen LogP contribution in [0.2, 0.25) is 0 Å². The molecule has 0 spiro atoms. The van der Waals surface area contributed by atoms with Gasteiger partial charge in [-0.2, -0.15) is 18.4 Å². The Morgan fingerprint density at radius 3 is 2.38 bits per heavy atom. The van der Waals surface area contributed by atoms with E-state index in [1.165, 1.54) is 6.07 Å². The Morgan fingerprint density at radius 2 is 1.86 bits per heavy atom. The van der Waals surface area contributed by atoms with Gasteiger partial charge in [-0.05, 0) is 25.0 Å². The summed E-state index contributed by atoms with van der Waals surface area (Å²) in [6.07, 6.45) is -2.87. The lowest BCUT2D eigenvalue weighted by molar-refractivity contribution is -0.141. The summed E-state index contributed by atoms with van der Waals surface area (Å²) in [5.41, 5.74) is -0.979. The second-order valence-corrected chi connectivity index (χ2v) is 4.81. The summed E-state index contributed by atoms with van der Waals surface area (Å²) in [5, 5.41) is 20.8. The average Bonchev–Trinajstić information content (AvgIpc) is 3.01. The van der Waals surface area contributed by atoms with Gasteiger partial charge in [0.25, 0.3) is 0 Å². The van der Waals surface area contributed by atoms with Crippen molar-refractivity contribution in [2.75, 3.05) is 18.0 Å². The summed E-state index contributed by atoms with van der Waals surface area (Å²) in [6.45, 7) is 1.33. The minimum Gasteiger partial charge on any atom is -0.355 e. The first kappa shape index (κ1) is 13.7. The van der Waals surface area contributed by atoms with Gasteiger partial charge in [0.05, 0.1) is 0 Å². The second kappa shape index (κ2) is 5.26. The monoisotopic (exact) mass is 299 g/mol. The van der Waals surface area contributed by atoms with E-state index in [9.17, 15) is 13.2 Å². The molecule has 21 heavy (non-hydrogen) atoms. The number of H-pyrrole nitrogens is 1. The van der Waals surface area contributed by atoms with Gasteiger partial charge >= 0.3 is 6.18 Å². The van der Waals surface area contributed by atoms with Crippen LogP contribution in [0.1, 0.15) is 30.3 Å². The molecule has 10 heteroatoms. The highest BCUT2D eigenvalue weighted by molar-refractivity contribution is 5.38. The van der Waals surface area contributed by atoms with Crippen LogP contribution in [0.15, 0.2) is 12.1 Å². The zero-order valence-electron chi connectivity index (χ0n) is 10.9. The third-order valence-corrected chi connectivity index (χ3v) is 3.49. The van der Waals surface area contributed by atoms with Gasteiger partial charge in [0.2, 0.25) is 0 Å². The summed E-state index contributed by atoms with van der Waals surface area (Å²) >= 11 is 0. The number of nitrogens with one attached hydrogen (secondary N) is 1. The Bertz CT molecular complexity index is 573. The van der Waals surface area contributed by atoms with Crippen LogP contribution in [-0.2, 0) is 6.18 Å². The lowest BCUT2D eigenvalue weighted by Gasteiger charge is -2.31. The van der Waals surface area contributed by atoms with Crippen molar-refractivity contribution in [1.29, 1.82) is 0 Å². The van der Waals surface area contributed by atoms with Gasteiger partial charge in [-0.1, -0.05) is 5.21 Å². The number of piperidine rings is 1. The van der Waals surface area contributed by atoms with E-state index in [2.05, 4.69) is 30.8 Å². The van der Waals surface area contributed by atoms with Crippen LogP contribution in [0.25, 0.3) is 0 Å². The van der Waals surface area contributed by atoms with E-state index in [-0.39, 0.29) is 5.92 Å². The fourth-order valence-corrected chi connectivity index (χ4v) is 2.35. The Labute approximate surface area is 117 Å². The van der Waals surface area contributed by atoms with Crippen molar-refractivity contribution >= 4 is 5.82 Å². The van der Waals surface area contributed by atoms with E-state index in [1.54, 1.807) is 0 Å². The molecule has 0 aromatic carbocycles. The molecule has 1 aliphatic rings. The predicted octanol–water partition coefficient (Wildman–Crippen LogP) is 1.39. The van der Waals surface area contributed by atoms with Crippen molar-refractivity contribution in [2.45, 2.75) is 24.9 Å². The molecule has 0 amide bonds. The number of aromatic nitrogens is 6. The zero-order valence-corrected chi connectivity index (χ0v) is 10.9. The second-order valence-electron chi connectivity index (χ2n) is 4.81. The molecule has 2 aromatic heterocycles. The molecule has 0 atom stereocenters. The van der Waals surface area contributed by atoms with Gasteiger partial charge < -0.3 is 4.90 Å². The molecule has 0 bridgehead atoms. The molecule has 2 aromatic rings. The third-order valence-electron chi connectivity index (χ3n) is 3.49. The van der Waals surface area contributed by atoms with E-state index >= 15 is 0 Å². The Balaban J connectivity index is 1.64. The number of anilines is 1. The molecule has 0 unspecified atom stereocenters. The smallest absolute Gasteiger partial charge is 0.355 e. The molecule has 7 nitrogen and oxygen atoms in total. The summed E-state index contributed by atoms with van der Waals surface area (Å²) in [4.78, 5) is 1.91. The first-order chi connectivity index (χ1) is 10.0. The Hall–Kier alpha value is -2.26. The number of nitrogens with zero attached hydrogens (tertiary/aromatic N) is 6. The summed E-state index contributed by atoms with van der Waals surface area (Å²) in [5.74, 6) is 1.34. The molecular formula is C11H12F3N7. The van der Waals surface area contributed by atoms with Crippen LogP contribution < -0.4 is 4.90 Å². The first-order valence-corrected chi connectivity index (χ1v) is 6.43. The topological polar surface area (TPSA) is 83.5 Å². The molecule has 1 aliphatic heterocycles. The van der Waals surface area contributed by atoms with E-state index < -0.39 is 11.9 Å². The van der Waals surface area contributed by atoms with Gasteiger partial charge in [-0.25, -0.2) is 0 Å². The summed E-state index contributed by atoms with van der Waals surface area (Å²) in [7, 11) is 0. The maximum absolute atomic E-state index is 12.4. The number of halogens is 3. The highest BCUT2D eigenvalue weighted by Gasteiger charge is 2.33. The van der Waals surface area contributed by atoms with Crippen LogP contribution in [0.5, 0.6) is 0 Å².